The molecular weight excluding hydrogens is 456 g/mol. The third-order valence-corrected chi connectivity index (χ3v) is 8.37. The number of benzene rings is 1. The van der Waals surface area contributed by atoms with Gasteiger partial charge in [0.05, 0.1) is 27.0 Å². The highest BCUT2D eigenvalue weighted by Crippen LogP contribution is 2.29. The Kier molecular flexibility index (Phi) is 6.01. The van der Waals surface area contributed by atoms with E-state index < -0.39 is 39.0 Å². The van der Waals surface area contributed by atoms with Crippen molar-refractivity contribution < 1.29 is 22.5 Å². The number of hydrogen-bond donors (Lipinski definition) is 1. The first-order chi connectivity index (χ1) is 15.2. The molecule has 32 heavy (non-hydrogen) atoms. The van der Waals surface area contributed by atoms with Crippen molar-refractivity contribution >= 4 is 37.8 Å². The summed E-state index contributed by atoms with van der Waals surface area (Å²) >= 11 is 0. The average Bonchev–Trinajstić information content (AvgIpc) is 3.04. The maximum atomic E-state index is 13.1. The minimum Gasteiger partial charge on any atom is -0.480 e. The van der Waals surface area contributed by atoms with Crippen molar-refractivity contribution in [1.29, 1.82) is 0 Å². The first kappa shape index (κ1) is 22.4. The molecule has 0 radical (unpaired) electrons. The zero-order valence-corrected chi connectivity index (χ0v) is 18.9. The number of aromatic nitrogens is 3. The summed E-state index contributed by atoms with van der Waals surface area (Å²) in [5.41, 5.74) is 0.638. The fraction of sp³-hybridized carbons (Fsp3) is 0.350. The molecule has 12 heteroatoms. The Labute approximate surface area is 186 Å². The second-order valence-electron chi connectivity index (χ2n) is 7.63. The number of sulfone groups is 1. The first-order valence-corrected chi connectivity index (χ1v) is 12.9. The van der Waals surface area contributed by atoms with Crippen molar-refractivity contribution in [1.82, 2.24) is 18.4 Å². The topological polar surface area (TPSA) is 132 Å². The van der Waals surface area contributed by atoms with Crippen molar-refractivity contribution in [3.63, 3.8) is 0 Å². The van der Waals surface area contributed by atoms with Gasteiger partial charge in [0, 0.05) is 31.6 Å². The van der Waals surface area contributed by atoms with Gasteiger partial charge in [-0.1, -0.05) is 12.1 Å². The summed E-state index contributed by atoms with van der Waals surface area (Å²) in [6.07, 6.45) is 5.13. The fourth-order valence-electron chi connectivity index (χ4n) is 4.08. The van der Waals surface area contributed by atoms with Crippen LogP contribution < -0.4 is 5.69 Å². The molecule has 1 unspecified atom stereocenters. The number of hydrogen-bond acceptors (Lipinski definition) is 6. The molecule has 10 nitrogen and oxygen atoms in total. The van der Waals surface area contributed by atoms with Crippen molar-refractivity contribution in [2.45, 2.75) is 35.2 Å². The number of pyridine rings is 1. The van der Waals surface area contributed by atoms with Gasteiger partial charge in [-0.15, -0.1) is 0 Å². The quantitative estimate of drug-likeness (QED) is 0.560. The van der Waals surface area contributed by atoms with E-state index in [2.05, 4.69) is 4.98 Å². The molecule has 0 bridgehead atoms. The van der Waals surface area contributed by atoms with Crippen LogP contribution >= 0.6 is 0 Å². The predicted molar refractivity (Wildman–Crippen MR) is 117 cm³/mol. The third kappa shape index (κ3) is 4.12. The van der Waals surface area contributed by atoms with Gasteiger partial charge in [-0.2, -0.15) is 0 Å². The summed E-state index contributed by atoms with van der Waals surface area (Å²) in [6, 6.07) is 7.63. The maximum absolute atomic E-state index is 13.1. The molecule has 1 aliphatic heterocycles. The van der Waals surface area contributed by atoms with Crippen molar-refractivity contribution in [2.24, 2.45) is 0 Å². The highest BCUT2D eigenvalue weighted by Gasteiger charge is 2.30. The van der Waals surface area contributed by atoms with Crippen LogP contribution in [0.3, 0.4) is 0 Å². The molecule has 0 saturated carbocycles. The van der Waals surface area contributed by atoms with Gasteiger partial charge in [0.2, 0.25) is 0 Å². The highest BCUT2D eigenvalue weighted by molar-refractivity contribution is 7.91. The maximum Gasteiger partial charge on any atom is 0.329 e. The highest BCUT2D eigenvalue weighted by atomic mass is 32.2. The van der Waals surface area contributed by atoms with Crippen LogP contribution in [-0.4, -0.2) is 61.5 Å². The number of fused-ring (bicyclic) bond motifs is 1. The minimum atomic E-state index is -3.53. The van der Waals surface area contributed by atoms with E-state index in [1.807, 2.05) is 0 Å². The number of piperidine rings is 1. The smallest absolute Gasteiger partial charge is 0.329 e. The molecule has 1 atom stereocenters. The molecule has 1 fully saturated rings. The van der Waals surface area contributed by atoms with E-state index in [-0.39, 0.29) is 15.8 Å². The standard InChI is InChI=1S/C20H22N4O6S2/c1-32(29,30)18-5-3-2-4-17(18)31(28)22-10-7-14(8-11-22)24-16-12-21-9-6-15(16)23(20(24)27)13-19(25)26/h2-6,9,12,14H,7-8,10-11,13H2,1H3,(H,25,26). The fourth-order valence-corrected chi connectivity index (χ4v) is 6.76. The Bertz CT molecular complexity index is 1370. The molecule has 170 valence electrons. The van der Waals surface area contributed by atoms with Crippen LogP contribution in [0.25, 0.3) is 11.0 Å². The van der Waals surface area contributed by atoms with Crippen LogP contribution in [0.4, 0.5) is 0 Å². The monoisotopic (exact) mass is 478 g/mol. The van der Waals surface area contributed by atoms with Crippen LogP contribution in [0.5, 0.6) is 0 Å². The molecule has 2 aromatic heterocycles. The average molecular weight is 479 g/mol. The Morgan fingerprint density at radius 1 is 1.19 bits per heavy atom. The lowest BCUT2D eigenvalue weighted by molar-refractivity contribution is -0.137. The Morgan fingerprint density at radius 3 is 2.53 bits per heavy atom. The van der Waals surface area contributed by atoms with Crippen LogP contribution in [0.15, 0.2) is 57.3 Å². The number of imidazole rings is 1. The van der Waals surface area contributed by atoms with Gasteiger partial charge >= 0.3 is 11.7 Å². The van der Waals surface area contributed by atoms with E-state index in [0.717, 1.165) is 6.26 Å². The lowest BCUT2D eigenvalue weighted by Gasteiger charge is -2.31. The summed E-state index contributed by atoms with van der Waals surface area (Å²) in [5, 5.41) is 9.19. The molecule has 1 aliphatic rings. The zero-order valence-electron chi connectivity index (χ0n) is 17.2. The van der Waals surface area contributed by atoms with Gasteiger partial charge in [-0.3, -0.25) is 18.9 Å². The number of nitrogens with zero attached hydrogens (tertiary/aromatic N) is 4. The molecule has 1 saturated heterocycles. The van der Waals surface area contributed by atoms with E-state index in [9.17, 15) is 27.3 Å². The number of carboxylic acids is 1. The normalized spacial score (nSPS) is 16.9. The molecule has 3 heterocycles. The van der Waals surface area contributed by atoms with Crippen molar-refractivity contribution in [3.8, 4) is 0 Å². The van der Waals surface area contributed by atoms with Crippen LogP contribution in [-0.2, 0) is 32.2 Å². The van der Waals surface area contributed by atoms with Gasteiger partial charge in [0.1, 0.15) is 17.5 Å². The Hall–Kier alpha value is -2.83. The molecule has 1 N–H and O–H groups in total. The number of aliphatic carboxylic acids is 1. The molecule has 3 aromatic rings. The van der Waals surface area contributed by atoms with Gasteiger partial charge in [-0.25, -0.2) is 21.7 Å². The molecule has 0 spiro atoms. The zero-order chi connectivity index (χ0) is 23.0. The second-order valence-corrected chi connectivity index (χ2v) is 11.1. The molecular formula is C20H22N4O6S2. The first-order valence-electron chi connectivity index (χ1n) is 9.91. The predicted octanol–water partition coefficient (Wildman–Crippen LogP) is 1.05. The van der Waals surface area contributed by atoms with Crippen LogP contribution in [0.2, 0.25) is 0 Å². The third-order valence-electron chi connectivity index (χ3n) is 5.52. The molecule has 0 aliphatic carbocycles. The van der Waals surface area contributed by atoms with Crippen molar-refractivity contribution in [3.05, 3.63) is 53.2 Å². The summed E-state index contributed by atoms with van der Waals surface area (Å²) in [5.74, 6) is -1.11. The van der Waals surface area contributed by atoms with E-state index >= 15 is 0 Å². The van der Waals surface area contributed by atoms with E-state index in [0.29, 0.717) is 37.0 Å². The lowest BCUT2D eigenvalue weighted by atomic mass is 10.1. The second kappa shape index (κ2) is 8.60. The van der Waals surface area contributed by atoms with Crippen LogP contribution in [0.1, 0.15) is 18.9 Å². The molecule has 0 amide bonds. The van der Waals surface area contributed by atoms with E-state index in [4.69, 9.17) is 0 Å². The lowest BCUT2D eigenvalue weighted by Crippen LogP contribution is -2.39. The van der Waals surface area contributed by atoms with Crippen LogP contribution in [0, 0.1) is 0 Å². The number of rotatable bonds is 6. The number of carboxylic acid groups (broad SMARTS) is 1. The molecule has 4 rings (SSSR count). The summed E-state index contributed by atoms with van der Waals surface area (Å²) in [6.45, 7) is 0.318. The van der Waals surface area contributed by atoms with E-state index in [1.54, 1.807) is 39.3 Å². The van der Waals surface area contributed by atoms with Gasteiger partial charge in [0.15, 0.2) is 9.84 Å². The summed E-state index contributed by atoms with van der Waals surface area (Å²) in [4.78, 5) is 28.6. The van der Waals surface area contributed by atoms with Gasteiger partial charge in [-0.05, 0) is 31.0 Å². The Balaban J connectivity index is 1.60. The van der Waals surface area contributed by atoms with Gasteiger partial charge in [0.25, 0.3) is 0 Å². The Morgan fingerprint density at radius 2 is 1.88 bits per heavy atom. The molecule has 1 aromatic carbocycles. The number of carbonyl (C=O) groups is 1. The summed E-state index contributed by atoms with van der Waals surface area (Å²) < 4.78 is 41.8. The largest absolute Gasteiger partial charge is 0.480 e. The van der Waals surface area contributed by atoms with Crippen molar-refractivity contribution in [2.75, 3.05) is 19.3 Å². The SMILES string of the molecule is CS(=O)(=O)c1ccccc1S(=O)N1CCC(n2c(=O)n(CC(=O)O)c3ccncc32)CC1. The minimum absolute atomic E-state index is 0.0412. The summed E-state index contributed by atoms with van der Waals surface area (Å²) in [7, 11) is -5.19. The van der Waals surface area contributed by atoms with E-state index in [1.165, 1.54) is 16.8 Å². The van der Waals surface area contributed by atoms with Gasteiger partial charge < -0.3 is 5.11 Å².